The Balaban J connectivity index is 1.84. The van der Waals surface area contributed by atoms with Crippen LogP contribution in [0.2, 0.25) is 0 Å². The highest BCUT2D eigenvalue weighted by Crippen LogP contribution is 2.28. The van der Waals surface area contributed by atoms with Gasteiger partial charge in [0.25, 0.3) is 0 Å². The molecule has 4 rings (SSSR count). The molecule has 6 heteroatoms. The second kappa shape index (κ2) is 7.37. The van der Waals surface area contributed by atoms with Crippen LogP contribution in [0.25, 0.3) is 22.3 Å². The van der Waals surface area contributed by atoms with Crippen LogP contribution in [-0.4, -0.2) is 26.5 Å². The molecular formula is C21H19N5O. The molecule has 0 fully saturated rings. The highest BCUT2D eigenvalue weighted by Gasteiger charge is 2.13. The van der Waals surface area contributed by atoms with Gasteiger partial charge in [0, 0.05) is 12.6 Å². The van der Waals surface area contributed by atoms with E-state index in [0.29, 0.717) is 18.9 Å². The van der Waals surface area contributed by atoms with Crippen molar-refractivity contribution < 1.29 is 4.74 Å². The predicted octanol–water partition coefficient (Wildman–Crippen LogP) is 3.66. The fourth-order valence-electron chi connectivity index (χ4n) is 2.99. The van der Waals surface area contributed by atoms with Crippen LogP contribution < -0.4 is 10.5 Å². The molecule has 0 aliphatic carbocycles. The van der Waals surface area contributed by atoms with E-state index < -0.39 is 0 Å². The Morgan fingerprint density at radius 1 is 0.926 bits per heavy atom. The maximum atomic E-state index is 5.91. The van der Waals surface area contributed by atoms with Gasteiger partial charge < -0.3 is 10.5 Å². The van der Waals surface area contributed by atoms with Crippen molar-refractivity contribution in [1.29, 1.82) is 0 Å². The SMILES string of the molecule is CCOc1ncccc1-c1ccc2nc(N)nc(Cc3ccccc3)c2n1. The van der Waals surface area contributed by atoms with E-state index in [9.17, 15) is 0 Å². The van der Waals surface area contributed by atoms with Gasteiger partial charge in [-0.05, 0) is 36.8 Å². The summed E-state index contributed by atoms with van der Waals surface area (Å²) in [5.74, 6) is 0.812. The zero-order chi connectivity index (χ0) is 18.6. The van der Waals surface area contributed by atoms with Gasteiger partial charge in [-0.15, -0.1) is 0 Å². The number of pyridine rings is 2. The molecule has 3 aromatic heterocycles. The second-order valence-electron chi connectivity index (χ2n) is 6.04. The number of nitrogens with two attached hydrogens (primary N) is 1. The summed E-state index contributed by atoms with van der Waals surface area (Å²) in [5.41, 5.74) is 10.9. The van der Waals surface area contributed by atoms with Crippen LogP contribution in [0.3, 0.4) is 0 Å². The number of aromatic nitrogens is 4. The van der Waals surface area contributed by atoms with Gasteiger partial charge in [0.05, 0.1) is 29.1 Å². The maximum Gasteiger partial charge on any atom is 0.222 e. The van der Waals surface area contributed by atoms with Gasteiger partial charge in [-0.3, -0.25) is 0 Å². The number of hydrogen-bond acceptors (Lipinski definition) is 6. The molecule has 2 N–H and O–H groups in total. The second-order valence-corrected chi connectivity index (χ2v) is 6.04. The Labute approximate surface area is 157 Å². The fourth-order valence-corrected chi connectivity index (χ4v) is 2.99. The first-order chi connectivity index (χ1) is 13.2. The van der Waals surface area contributed by atoms with Gasteiger partial charge in [0.2, 0.25) is 11.8 Å². The van der Waals surface area contributed by atoms with E-state index in [2.05, 4.69) is 27.1 Å². The summed E-state index contributed by atoms with van der Waals surface area (Å²) >= 11 is 0. The molecule has 27 heavy (non-hydrogen) atoms. The number of hydrogen-bond donors (Lipinski definition) is 1. The molecule has 0 unspecified atom stereocenters. The minimum atomic E-state index is 0.249. The number of ether oxygens (including phenoxy) is 1. The Hall–Kier alpha value is -3.54. The van der Waals surface area contributed by atoms with Gasteiger partial charge in [0.15, 0.2) is 0 Å². The largest absolute Gasteiger partial charge is 0.477 e. The van der Waals surface area contributed by atoms with Crippen molar-refractivity contribution in [3.05, 3.63) is 72.1 Å². The molecule has 0 bridgehead atoms. The van der Waals surface area contributed by atoms with Gasteiger partial charge in [-0.1, -0.05) is 30.3 Å². The smallest absolute Gasteiger partial charge is 0.222 e. The minimum absolute atomic E-state index is 0.249. The number of benzene rings is 1. The molecule has 1 aromatic carbocycles. The van der Waals surface area contributed by atoms with E-state index in [1.807, 2.05) is 49.4 Å². The van der Waals surface area contributed by atoms with Gasteiger partial charge in [-0.2, -0.15) is 0 Å². The van der Waals surface area contributed by atoms with Crippen molar-refractivity contribution in [2.45, 2.75) is 13.3 Å². The average Bonchev–Trinajstić information content (AvgIpc) is 2.69. The van der Waals surface area contributed by atoms with E-state index in [0.717, 1.165) is 33.5 Å². The van der Waals surface area contributed by atoms with E-state index in [-0.39, 0.29) is 5.95 Å². The van der Waals surface area contributed by atoms with E-state index in [1.54, 1.807) is 6.20 Å². The normalized spacial score (nSPS) is 10.9. The first-order valence-corrected chi connectivity index (χ1v) is 8.80. The highest BCUT2D eigenvalue weighted by atomic mass is 16.5. The number of nitrogen functional groups attached to an aromatic ring is 1. The number of rotatable bonds is 5. The quantitative estimate of drug-likeness (QED) is 0.586. The molecule has 0 saturated heterocycles. The van der Waals surface area contributed by atoms with Crippen molar-refractivity contribution in [3.63, 3.8) is 0 Å². The Kier molecular flexibility index (Phi) is 4.61. The molecule has 0 aliphatic rings. The molecule has 0 amide bonds. The average molecular weight is 357 g/mol. The molecular weight excluding hydrogens is 338 g/mol. The minimum Gasteiger partial charge on any atom is -0.477 e. The summed E-state index contributed by atoms with van der Waals surface area (Å²) in [6.45, 7) is 2.47. The Morgan fingerprint density at radius 3 is 2.59 bits per heavy atom. The molecule has 0 saturated carbocycles. The predicted molar refractivity (Wildman–Crippen MR) is 105 cm³/mol. The number of anilines is 1. The molecule has 6 nitrogen and oxygen atoms in total. The van der Waals surface area contributed by atoms with Crippen LogP contribution in [0.4, 0.5) is 5.95 Å². The van der Waals surface area contributed by atoms with Gasteiger partial charge in [-0.25, -0.2) is 19.9 Å². The molecule has 0 radical (unpaired) electrons. The zero-order valence-corrected chi connectivity index (χ0v) is 15.0. The van der Waals surface area contributed by atoms with Crippen LogP contribution in [0.15, 0.2) is 60.8 Å². The van der Waals surface area contributed by atoms with Crippen molar-refractivity contribution in [3.8, 4) is 17.1 Å². The number of nitrogens with zero attached hydrogens (tertiary/aromatic N) is 4. The summed E-state index contributed by atoms with van der Waals surface area (Å²) < 4.78 is 5.65. The summed E-state index contributed by atoms with van der Waals surface area (Å²) in [4.78, 5) is 17.9. The monoisotopic (exact) mass is 357 g/mol. The van der Waals surface area contributed by atoms with Crippen molar-refractivity contribution in [2.75, 3.05) is 12.3 Å². The molecule has 3 heterocycles. The van der Waals surface area contributed by atoms with E-state index in [4.69, 9.17) is 15.5 Å². The summed E-state index contributed by atoms with van der Waals surface area (Å²) in [5, 5.41) is 0. The van der Waals surface area contributed by atoms with E-state index >= 15 is 0 Å². The summed E-state index contributed by atoms with van der Waals surface area (Å²) in [6.07, 6.45) is 2.34. The van der Waals surface area contributed by atoms with Crippen LogP contribution >= 0.6 is 0 Å². The summed E-state index contributed by atoms with van der Waals surface area (Å²) in [7, 11) is 0. The maximum absolute atomic E-state index is 5.91. The van der Waals surface area contributed by atoms with Crippen LogP contribution in [0.1, 0.15) is 18.2 Å². The van der Waals surface area contributed by atoms with Crippen molar-refractivity contribution in [1.82, 2.24) is 19.9 Å². The molecule has 134 valence electrons. The Bertz CT molecular complexity index is 1080. The standard InChI is InChI=1S/C21H19N5O/c1-2-27-20-15(9-6-12-23-20)16-10-11-17-19(24-16)18(26-21(22)25-17)13-14-7-4-3-5-8-14/h3-12H,2,13H2,1H3,(H2,22,25,26). The number of fused-ring (bicyclic) bond motifs is 1. The first-order valence-electron chi connectivity index (χ1n) is 8.80. The molecule has 0 aliphatic heterocycles. The van der Waals surface area contributed by atoms with Crippen LogP contribution in [-0.2, 0) is 6.42 Å². The van der Waals surface area contributed by atoms with Gasteiger partial charge >= 0.3 is 0 Å². The molecule has 0 spiro atoms. The topological polar surface area (TPSA) is 86.8 Å². The lowest BCUT2D eigenvalue weighted by atomic mass is 10.1. The first kappa shape index (κ1) is 16.9. The molecule has 4 aromatic rings. The van der Waals surface area contributed by atoms with Crippen LogP contribution in [0.5, 0.6) is 5.88 Å². The lowest BCUT2D eigenvalue weighted by Gasteiger charge is -2.10. The third kappa shape index (κ3) is 3.55. The third-order valence-corrected chi connectivity index (χ3v) is 4.17. The lowest BCUT2D eigenvalue weighted by molar-refractivity contribution is 0.328. The molecule has 0 atom stereocenters. The highest BCUT2D eigenvalue weighted by molar-refractivity contribution is 5.81. The van der Waals surface area contributed by atoms with Crippen molar-refractivity contribution >= 4 is 17.0 Å². The Morgan fingerprint density at radius 2 is 1.78 bits per heavy atom. The van der Waals surface area contributed by atoms with E-state index in [1.165, 1.54) is 0 Å². The van der Waals surface area contributed by atoms with Crippen LogP contribution in [0, 0.1) is 0 Å². The third-order valence-electron chi connectivity index (χ3n) is 4.17. The zero-order valence-electron chi connectivity index (χ0n) is 15.0. The van der Waals surface area contributed by atoms with Crippen molar-refractivity contribution in [2.24, 2.45) is 0 Å². The summed E-state index contributed by atoms with van der Waals surface area (Å²) in [6, 6.07) is 17.7. The fraction of sp³-hybridized carbons (Fsp3) is 0.143. The van der Waals surface area contributed by atoms with Gasteiger partial charge in [0.1, 0.15) is 5.52 Å². The lowest BCUT2D eigenvalue weighted by Crippen LogP contribution is -2.04.